The third kappa shape index (κ3) is 12.1. The van der Waals surface area contributed by atoms with Crippen molar-refractivity contribution in [1.82, 2.24) is 15.4 Å². The number of hydrogen-bond donors (Lipinski definition) is 3. The highest BCUT2D eigenvalue weighted by molar-refractivity contribution is 14.0. The lowest BCUT2D eigenvalue weighted by atomic mass is 10.1. The van der Waals surface area contributed by atoms with E-state index in [0.717, 1.165) is 6.26 Å². The van der Waals surface area contributed by atoms with Gasteiger partial charge in [0.25, 0.3) is 0 Å². The number of methoxy groups -OCH3 is 1. The zero-order valence-corrected chi connectivity index (χ0v) is 17.0. The molecule has 0 rings (SSSR count). The molecular weight excluding hydrogens is 407 g/mol. The van der Waals surface area contributed by atoms with Gasteiger partial charge in [0.1, 0.15) is 0 Å². The summed E-state index contributed by atoms with van der Waals surface area (Å²) in [5.41, 5.74) is -0.917. The molecular formula is C12H29IN4O3S. The van der Waals surface area contributed by atoms with Gasteiger partial charge in [-0.3, -0.25) is 4.99 Å². The maximum absolute atomic E-state index is 11.3. The van der Waals surface area contributed by atoms with Gasteiger partial charge in [-0.25, -0.2) is 13.1 Å². The molecule has 0 saturated heterocycles. The first-order valence-corrected chi connectivity index (χ1v) is 8.28. The summed E-state index contributed by atoms with van der Waals surface area (Å²) >= 11 is 0. The summed E-state index contributed by atoms with van der Waals surface area (Å²) in [6.07, 6.45) is 1.14. The van der Waals surface area contributed by atoms with Crippen molar-refractivity contribution in [3.63, 3.8) is 0 Å². The Morgan fingerprint density at radius 1 is 1.14 bits per heavy atom. The third-order valence-corrected chi connectivity index (χ3v) is 3.54. The zero-order chi connectivity index (χ0) is 16.0. The van der Waals surface area contributed by atoms with Crippen LogP contribution in [0.25, 0.3) is 0 Å². The molecule has 0 saturated carbocycles. The minimum absolute atomic E-state index is 0. The average Bonchev–Trinajstić information content (AvgIpc) is 2.26. The Morgan fingerprint density at radius 3 is 2.00 bits per heavy atom. The molecule has 0 aliphatic heterocycles. The molecule has 3 N–H and O–H groups in total. The fourth-order valence-electron chi connectivity index (χ4n) is 1.43. The van der Waals surface area contributed by atoms with Crippen LogP contribution in [0.5, 0.6) is 0 Å². The molecule has 0 aliphatic carbocycles. The van der Waals surface area contributed by atoms with E-state index in [9.17, 15) is 8.42 Å². The molecule has 0 spiro atoms. The van der Waals surface area contributed by atoms with Gasteiger partial charge in [-0.05, 0) is 27.7 Å². The fourth-order valence-corrected chi connectivity index (χ4v) is 2.51. The van der Waals surface area contributed by atoms with Crippen LogP contribution in [-0.2, 0) is 14.8 Å². The minimum Gasteiger partial charge on any atom is -0.377 e. The lowest BCUT2D eigenvalue weighted by Crippen LogP contribution is -2.54. The van der Waals surface area contributed by atoms with Crippen LogP contribution in [0.4, 0.5) is 0 Å². The molecule has 0 atom stereocenters. The van der Waals surface area contributed by atoms with Crippen molar-refractivity contribution in [2.45, 2.75) is 38.8 Å². The molecule has 0 aromatic heterocycles. The summed E-state index contributed by atoms with van der Waals surface area (Å²) in [5, 5.41) is 6.22. The summed E-state index contributed by atoms with van der Waals surface area (Å²) < 4.78 is 30.4. The Labute approximate surface area is 145 Å². The van der Waals surface area contributed by atoms with Gasteiger partial charge in [0, 0.05) is 32.8 Å². The van der Waals surface area contributed by atoms with Crippen LogP contribution in [0.15, 0.2) is 4.99 Å². The highest BCUT2D eigenvalue weighted by Gasteiger charge is 2.23. The molecule has 0 radical (unpaired) electrons. The molecule has 9 heteroatoms. The number of ether oxygens (including phenoxy) is 1. The molecule has 7 nitrogen and oxygen atoms in total. The van der Waals surface area contributed by atoms with Gasteiger partial charge in [0.05, 0.1) is 11.9 Å². The Balaban J connectivity index is 0. The number of hydrogen-bond acceptors (Lipinski definition) is 4. The molecule has 0 heterocycles. The van der Waals surface area contributed by atoms with Crippen molar-refractivity contribution in [1.29, 1.82) is 0 Å². The van der Waals surface area contributed by atoms with E-state index < -0.39 is 15.6 Å². The third-order valence-electron chi connectivity index (χ3n) is 2.62. The highest BCUT2D eigenvalue weighted by Crippen LogP contribution is 2.05. The van der Waals surface area contributed by atoms with E-state index in [4.69, 9.17) is 4.74 Å². The van der Waals surface area contributed by atoms with E-state index in [2.05, 4.69) is 20.3 Å². The number of nitrogens with zero attached hydrogens (tertiary/aromatic N) is 1. The van der Waals surface area contributed by atoms with Gasteiger partial charge in [0.2, 0.25) is 10.0 Å². The second kappa shape index (κ2) is 9.11. The van der Waals surface area contributed by atoms with Crippen molar-refractivity contribution in [2.24, 2.45) is 4.99 Å². The smallest absolute Gasteiger partial charge is 0.209 e. The van der Waals surface area contributed by atoms with Gasteiger partial charge in [-0.1, -0.05) is 0 Å². The van der Waals surface area contributed by atoms with E-state index in [1.165, 1.54) is 0 Å². The Morgan fingerprint density at radius 2 is 1.62 bits per heavy atom. The van der Waals surface area contributed by atoms with E-state index in [-0.39, 0.29) is 29.6 Å². The number of sulfonamides is 1. The second-order valence-electron chi connectivity index (χ2n) is 6.00. The lowest BCUT2D eigenvalue weighted by Gasteiger charge is -2.28. The standard InChI is InChI=1S/C12H28N4O3S.HI/c1-11(2,16-20(7,17)18)8-14-10(13-5)15-9-12(3,4)19-6;/h16H,8-9H2,1-7H3,(H2,13,14,15);1H. The van der Waals surface area contributed by atoms with E-state index in [0.29, 0.717) is 19.0 Å². The van der Waals surface area contributed by atoms with Crippen molar-refractivity contribution in [3.8, 4) is 0 Å². The molecule has 21 heavy (non-hydrogen) atoms. The molecule has 128 valence electrons. The Bertz CT molecular complexity index is 436. The normalized spacial score (nSPS) is 13.6. The van der Waals surface area contributed by atoms with Gasteiger partial charge < -0.3 is 15.4 Å². The van der Waals surface area contributed by atoms with Gasteiger partial charge >= 0.3 is 0 Å². The maximum atomic E-state index is 11.3. The van der Waals surface area contributed by atoms with Crippen molar-refractivity contribution in [2.75, 3.05) is 33.5 Å². The Hall–Kier alpha value is -0.130. The van der Waals surface area contributed by atoms with Crippen LogP contribution in [0.2, 0.25) is 0 Å². The number of guanidine groups is 1. The molecule has 0 aromatic rings. The second-order valence-corrected chi connectivity index (χ2v) is 7.75. The van der Waals surface area contributed by atoms with E-state index in [1.54, 1.807) is 28.0 Å². The van der Waals surface area contributed by atoms with Gasteiger partial charge in [0.15, 0.2) is 5.96 Å². The van der Waals surface area contributed by atoms with Crippen LogP contribution in [-0.4, -0.2) is 59.0 Å². The van der Waals surface area contributed by atoms with Crippen LogP contribution >= 0.6 is 24.0 Å². The summed E-state index contributed by atoms with van der Waals surface area (Å²) in [6, 6.07) is 0. The first kappa shape index (κ1) is 23.1. The van der Waals surface area contributed by atoms with E-state index >= 15 is 0 Å². The minimum atomic E-state index is -3.25. The maximum Gasteiger partial charge on any atom is 0.209 e. The highest BCUT2D eigenvalue weighted by atomic mass is 127. The van der Waals surface area contributed by atoms with Gasteiger partial charge in [-0.2, -0.15) is 0 Å². The first-order valence-electron chi connectivity index (χ1n) is 6.39. The molecule has 0 unspecified atom stereocenters. The van der Waals surface area contributed by atoms with Crippen molar-refractivity contribution < 1.29 is 13.2 Å². The molecule has 0 aliphatic rings. The first-order chi connectivity index (χ1) is 8.91. The fraction of sp³-hybridized carbons (Fsp3) is 0.917. The quantitative estimate of drug-likeness (QED) is 0.308. The number of rotatable bonds is 7. The van der Waals surface area contributed by atoms with Crippen LogP contribution in [0.1, 0.15) is 27.7 Å². The SMILES string of the molecule is CN=C(NCC(C)(C)NS(C)(=O)=O)NCC(C)(C)OC.I. The van der Waals surface area contributed by atoms with E-state index in [1.807, 2.05) is 13.8 Å². The average molecular weight is 436 g/mol. The van der Waals surface area contributed by atoms with Crippen LogP contribution < -0.4 is 15.4 Å². The van der Waals surface area contributed by atoms with Crippen molar-refractivity contribution >= 4 is 40.0 Å². The van der Waals surface area contributed by atoms with Gasteiger partial charge in [-0.15, -0.1) is 24.0 Å². The molecule has 0 aromatic carbocycles. The molecule has 0 amide bonds. The summed E-state index contributed by atoms with van der Waals surface area (Å²) in [4.78, 5) is 4.09. The number of halogens is 1. The molecule has 0 bridgehead atoms. The molecule has 0 fully saturated rings. The predicted octanol–water partition coefficient (Wildman–Crippen LogP) is 0.522. The van der Waals surface area contributed by atoms with Crippen LogP contribution in [0, 0.1) is 0 Å². The summed E-state index contributed by atoms with van der Waals surface area (Å²) in [5.74, 6) is 0.596. The van der Waals surface area contributed by atoms with Crippen LogP contribution in [0.3, 0.4) is 0 Å². The Kier molecular flexibility index (Phi) is 10.0. The number of aliphatic imine (C=N–C) groups is 1. The monoisotopic (exact) mass is 436 g/mol. The largest absolute Gasteiger partial charge is 0.377 e. The number of nitrogens with one attached hydrogen (secondary N) is 3. The van der Waals surface area contributed by atoms with Crippen molar-refractivity contribution in [3.05, 3.63) is 0 Å². The summed E-state index contributed by atoms with van der Waals surface area (Å²) in [6.45, 7) is 8.52. The lowest BCUT2D eigenvalue weighted by molar-refractivity contribution is 0.0268. The summed E-state index contributed by atoms with van der Waals surface area (Å²) in [7, 11) is 0.0625. The predicted molar refractivity (Wildman–Crippen MR) is 97.9 cm³/mol. The zero-order valence-electron chi connectivity index (χ0n) is 13.9. The topological polar surface area (TPSA) is 91.8 Å².